The Labute approximate surface area is 154 Å². The van der Waals surface area contributed by atoms with Crippen LogP contribution in [0.1, 0.15) is 50.6 Å². The molecule has 0 amide bonds. The minimum atomic E-state index is 0.167. The van der Waals surface area contributed by atoms with E-state index in [2.05, 4.69) is 29.0 Å². The topological polar surface area (TPSA) is 70.3 Å². The van der Waals surface area contributed by atoms with Gasteiger partial charge in [0.2, 0.25) is 5.95 Å². The number of nitrogens with zero attached hydrogens (tertiary/aromatic N) is 2. The summed E-state index contributed by atoms with van der Waals surface area (Å²) in [7, 11) is 0. The molecule has 0 bridgehead atoms. The maximum atomic E-state index is 5.97. The van der Waals surface area contributed by atoms with Gasteiger partial charge in [-0.25, -0.2) is 9.97 Å². The van der Waals surface area contributed by atoms with Crippen molar-refractivity contribution in [2.24, 2.45) is 5.92 Å². The average Bonchev–Trinajstić information content (AvgIpc) is 3.16. The Morgan fingerprint density at radius 1 is 1.08 bits per heavy atom. The number of benzene rings is 1. The number of nitrogen functional groups attached to an aromatic ring is 1. The quantitative estimate of drug-likeness (QED) is 0.892. The summed E-state index contributed by atoms with van der Waals surface area (Å²) in [5.74, 6) is 2.53. The predicted molar refractivity (Wildman–Crippen MR) is 102 cm³/mol. The minimum Gasteiger partial charge on any atom is -0.488 e. The summed E-state index contributed by atoms with van der Waals surface area (Å²) in [5, 5.41) is 0. The Balaban J connectivity index is 1.56. The molecule has 4 rings (SSSR count). The summed E-state index contributed by atoms with van der Waals surface area (Å²) in [5.41, 5.74) is 9.21. The highest BCUT2D eigenvalue weighted by Gasteiger charge is 2.24. The SMILES string of the molecule is CC1CCC(c2nc(N)ncc2-c2ccc(O[C@H]3CCOC3)cc2)CC1. The lowest BCUT2D eigenvalue weighted by atomic mass is 9.80. The van der Waals surface area contributed by atoms with E-state index in [-0.39, 0.29) is 6.10 Å². The fourth-order valence-corrected chi connectivity index (χ4v) is 3.99. The van der Waals surface area contributed by atoms with Gasteiger partial charge in [0.05, 0.1) is 18.9 Å². The van der Waals surface area contributed by atoms with E-state index in [4.69, 9.17) is 15.2 Å². The van der Waals surface area contributed by atoms with Crippen LogP contribution < -0.4 is 10.5 Å². The molecule has 26 heavy (non-hydrogen) atoms. The second-order valence-corrected chi connectivity index (χ2v) is 7.61. The van der Waals surface area contributed by atoms with E-state index in [0.717, 1.165) is 41.5 Å². The first-order chi connectivity index (χ1) is 12.7. The van der Waals surface area contributed by atoms with E-state index in [9.17, 15) is 0 Å². The van der Waals surface area contributed by atoms with Gasteiger partial charge in [-0.1, -0.05) is 31.9 Å². The van der Waals surface area contributed by atoms with Crippen molar-refractivity contribution in [3.63, 3.8) is 0 Å². The third-order valence-corrected chi connectivity index (χ3v) is 5.60. The van der Waals surface area contributed by atoms with Crippen LogP contribution in [0.2, 0.25) is 0 Å². The van der Waals surface area contributed by atoms with Crippen LogP contribution >= 0.6 is 0 Å². The molecule has 0 unspecified atom stereocenters. The van der Waals surface area contributed by atoms with Crippen molar-refractivity contribution in [3.8, 4) is 16.9 Å². The lowest BCUT2D eigenvalue weighted by Crippen LogP contribution is -2.15. The predicted octanol–water partition coefficient (Wildman–Crippen LogP) is 4.19. The Hall–Kier alpha value is -2.14. The van der Waals surface area contributed by atoms with E-state index >= 15 is 0 Å². The second kappa shape index (κ2) is 7.62. The van der Waals surface area contributed by atoms with Crippen LogP contribution in [-0.4, -0.2) is 29.3 Å². The molecule has 5 heteroatoms. The van der Waals surface area contributed by atoms with Gasteiger partial charge in [-0.15, -0.1) is 0 Å². The largest absolute Gasteiger partial charge is 0.488 e. The first-order valence-electron chi connectivity index (χ1n) is 9.66. The van der Waals surface area contributed by atoms with Crippen molar-refractivity contribution in [3.05, 3.63) is 36.2 Å². The first-order valence-corrected chi connectivity index (χ1v) is 9.66. The summed E-state index contributed by atoms with van der Waals surface area (Å²) in [6, 6.07) is 8.23. The molecule has 1 aromatic heterocycles. The molecule has 5 nitrogen and oxygen atoms in total. The van der Waals surface area contributed by atoms with Gasteiger partial charge in [0, 0.05) is 24.1 Å². The highest BCUT2D eigenvalue weighted by molar-refractivity contribution is 5.67. The monoisotopic (exact) mass is 353 g/mol. The van der Waals surface area contributed by atoms with Gasteiger partial charge in [0.15, 0.2) is 0 Å². The molecule has 2 fully saturated rings. The van der Waals surface area contributed by atoms with Crippen LogP contribution in [0, 0.1) is 5.92 Å². The van der Waals surface area contributed by atoms with Gasteiger partial charge in [-0.3, -0.25) is 0 Å². The maximum absolute atomic E-state index is 5.97. The number of anilines is 1. The first kappa shape index (κ1) is 17.3. The number of rotatable bonds is 4. The Kier molecular flexibility index (Phi) is 5.07. The van der Waals surface area contributed by atoms with Crippen molar-refractivity contribution in [2.75, 3.05) is 18.9 Å². The van der Waals surface area contributed by atoms with Gasteiger partial charge >= 0.3 is 0 Å². The van der Waals surface area contributed by atoms with Crippen LogP contribution in [0.3, 0.4) is 0 Å². The highest BCUT2D eigenvalue weighted by atomic mass is 16.5. The molecule has 0 radical (unpaired) electrons. The molecule has 1 atom stereocenters. The third-order valence-electron chi connectivity index (χ3n) is 5.60. The van der Waals surface area contributed by atoms with Crippen LogP contribution in [0.4, 0.5) is 5.95 Å². The molecule has 1 saturated heterocycles. The highest BCUT2D eigenvalue weighted by Crippen LogP contribution is 2.39. The Morgan fingerprint density at radius 2 is 1.85 bits per heavy atom. The molecule has 138 valence electrons. The number of hydrogen-bond acceptors (Lipinski definition) is 5. The fraction of sp³-hybridized carbons (Fsp3) is 0.524. The van der Waals surface area contributed by atoms with Gasteiger partial charge < -0.3 is 15.2 Å². The van der Waals surface area contributed by atoms with Gasteiger partial charge in [0.25, 0.3) is 0 Å². The zero-order valence-corrected chi connectivity index (χ0v) is 15.4. The normalized spacial score (nSPS) is 26.0. The summed E-state index contributed by atoms with van der Waals surface area (Å²) in [4.78, 5) is 8.87. The number of hydrogen-bond donors (Lipinski definition) is 1. The van der Waals surface area contributed by atoms with Gasteiger partial charge in [-0.2, -0.15) is 0 Å². The van der Waals surface area contributed by atoms with Crippen molar-refractivity contribution >= 4 is 5.95 Å². The van der Waals surface area contributed by atoms with Crippen LogP contribution in [0.5, 0.6) is 5.75 Å². The number of aromatic nitrogens is 2. The van der Waals surface area contributed by atoms with E-state index in [1.54, 1.807) is 0 Å². The van der Waals surface area contributed by atoms with E-state index < -0.39 is 0 Å². The molecular weight excluding hydrogens is 326 g/mol. The van der Waals surface area contributed by atoms with Crippen molar-refractivity contribution in [1.82, 2.24) is 9.97 Å². The van der Waals surface area contributed by atoms with E-state index in [0.29, 0.717) is 18.5 Å². The number of nitrogens with two attached hydrogens (primary N) is 1. The third kappa shape index (κ3) is 3.83. The molecule has 2 aromatic rings. The zero-order chi connectivity index (χ0) is 17.9. The fourth-order valence-electron chi connectivity index (χ4n) is 3.99. The van der Waals surface area contributed by atoms with Crippen molar-refractivity contribution in [1.29, 1.82) is 0 Å². The lowest BCUT2D eigenvalue weighted by molar-refractivity contribution is 0.141. The summed E-state index contributed by atoms with van der Waals surface area (Å²) < 4.78 is 11.3. The molecule has 1 aliphatic heterocycles. The van der Waals surface area contributed by atoms with E-state index in [1.165, 1.54) is 25.7 Å². The smallest absolute Gasteiger partial charge is 0.220 e. The second-order valence-electron chi connectivity index (χ2n) is 7.61. The molecular formula is C21H27N3O2. The number of ether oxygens (including phenoxy) is 2. The van der Waals surface area contributed by atoms with Crippen LogP contribution in [-0.2, 0) is 4.74 Å². The summed E-state index contributed by atoms with van der Waals surface area (Å²) >= 11 is 0. The summed E-state index contributed by atoms with van der Waals surface area (Å²) in [6.45, 7) is 3.80. The van der Waals surface area contributed by atoms with Gasteiger partial charge in [0.1, 0.15) is 11.9 Å². The molecule has 1 saturated carbocycles. The summed E-state index contributed by atoms with van der Waals surface area (Å²) in [6.07, 6.45) is 7.85. The molecule has 2 heterocycles. The molecule has 1 aromatic carbocycles. The zero-order valence-electron chi connectivity index (χ0n) is 15.4. The van der Waals surface area contributed by atoms with Crippen molar-refractivity contribution in [2.45, 2.75) is 51.0 Å². The molecule has 1 aliphatic carbocycles. The lowest BCUT2D eigenvalue weighted by Gasteiger charge is -2.27. The Morgan fingerprint density at radius 3 is 2.54 bits per heavy atom. The Bertz CT molecular complexity index is 733. The standard InChI is InChI=1S/C21H27N3O2/c1-14-2-4-16(5-3-14)20-19(12-23-21(22)24-20)15-6-8-17(9-7-15)26-18-10-11-25-13-18/h6-9,12,14,16,18H,2-5,10-11,13H2,1H3,(H2,22,23,24)/t14?,16?,18-/m0/s1. The maximum Gasteiger partial charge on any atom is 0.220 e. The molecule has 0 spiro atoms. The molecule has 2 aliphatic rings. The average molecular weight is 353 g/mol. The van der Waals surface area contributed by atoms with Crippen molar-refractivity contribution < 1.29 is 9.47 Å². The minimum absolute atomic E-state index is 0.167. The van der Waals surface area contributed by atoms with Crippen LogP contribution in [0.25, 0.3) is 11.1 Å². The molecule has 2 N–H and O–H groups in total. The van der Waals surface area contributed by atoms with Gasteiger partial charge in [-0.05, 0) is 36.5 Å². The van der Waals surface area contributed by atoms with Crippen LogP contribution in [0.15, 0.2) is 30.5 Å². The van der Waals surface area contributed by atoms with E-state index in [1.807, 2.05) is 18.3 Å².